The topological polar surface area (TPSA) is 45.7 Å². The molecule has 2 heterocycles. The molecule has 0 aliphatic carbocycles. The van der Waals surface area contributed by atoms with Gasteiger partial charge in [0.25, 0.3) is 0 Å². The number of imidazole rings is 1. The van der Waals surface area contributed by atoms with Crippen LogP contribution < -0.4 is 23.5 Å². The molecule has 180 valence electrons. The molecule has 0 fully saturated rings. The van der Waals surface area contributed by atoms with Crippen molar-refractivity contribution in [2.24, 2.45) is 0 Å². The second kappa shape index (κ2) is 9.74. The van der Waals surface area contributed by atoms with E-state index in [2.05, 4.69) is 70.9 Å². The quantitative estimate of drug-likeness (QED) is 0.338. The fraction of sp³-hybridized carbons (Fsp3) is 0.276. The first kappa shape index (κ1) is 22.8. The summed E-state index contributed by atoms with van der Waals surface area (Å²) in [7, 11) is 4.90. The van der Waals surface area contributed by atoms with Crippen molar-refractivity contribution in [3.05, 3.63) is 83.7 Å². The van der Waals surface area contributed by atoms with Gasteiger partial charge < -0.3 is 18.9 Å². The Kier molecular flexibility index (Phi) is 6.36. The maximum absolute atomic E-state index is 5.90. The van der Waals surface area contributed by atoms with Crippen LogP contribution in [0.3, 0.4) is 0 Å². The van der Waals surface area contributed by atoms with Crippen molar-refractivity contribution in [2.75, 3.05) is 27.9 Å². The molecular weight excluding hydrogens is 440 g/mol. The van der Waals surface area contributed by atoms with Gasteiger partial charge in [0.2, 0.25) is 12.1 Å². The average molecular weight is 472 g/mol. The highest BCUT2D eigenvalue weighted by Crippen LogP contribution is 2.38. The van der Waals surface area contributed by atoms with Gasteiger partial charge in [0.1, 0.15) is 25.4 Å². The molecule has 0 unspecified atom stereocenters. The first-order chi connectivity index (χ1) is 17.1. The fourth-order valence-corrected chi connectivity index (χ4v) is 4.77. The summed E-state index contributed by atoms with van der Waals surface area (Å²) in [5.41, 5.74) is 7.19. The Morgan fingerprint density at radius 2 is 1.69 bits per heavy atom. The molecule has 1 aliphatic rings. The number of aryl methyl sites for hydroxylation is 1. The summed E-state index contributed by atoms with van der Waals surface area (Å²) < 4.78 is 27.1. The van der Waals surface area contributed by atoms with E-state index in [0.717, 1.165) is 29.8 Å². The number of ether oxygens (including phenoxy) is 4. The zero-order valence-electron chi connectivity index (χ0n) is 20.7. The summed E-state index contributed by atoms with van der Waals surface area (Å²) in [4.78, 5) is 0. The van der Waals surface area contributed by atoms with Gasteiger partial charge in [0, 0.05) is 16.7 Å². The van der Waals surface area contributed by atoms with Crippen LogP contribution in [0, 0.1) is 0 Å². The minimum absolute atomic E-state index is 0.596. The number of fused-ring (bicyclic) bond motifs is 2. The standard InChI is InChI=1S/C29H31N2O4/c1-5-20-10-11-26-23(14-20)22(12-13-35-26)18-31-19-30(24-8-6-7-9-25(24)31)17-21-15-27(32-2)29(34-4)28(16-21)33-3/h6-12,14-16,19H,5,13,17-18H2,1-4H3/q+1. The molecule has 0 saturated carbocycles. The van der Waals surface area contributed by atoms with Crippen molar-refractivity contribution in [2.45, 2.75) is 26.4 Å². The maximum atomic E-state index is 5.90. The lowest BCUT2D eigenvalue weighted by Crippen LogP contribution is -2.33. The summed E-state index contributed by atoms with van der Waals surface area (Å²) in [5, 5.41) is 0. The number of para-hydroxylation sites is 2. The van der Waals surface area contributed by atoms with Crippen LogP contribution in [0.25, 0.3) is 16.6 Å². The number of aromatic nitrogens is 2. The number of hydrogen-bond donors (Lipinski definition) is 0. The van der Waals surface area contributed by atoms with Gasteiger partial charge in [-0.15, -0.1) is 0 Å². The first-order valence-electron chi connectivity index (χ1n) is 11.9. The van der Waals surface area contributed by atoms with Crippen LogP contribution in [0.5, 0.6) is 23.0 Å². The molecule has 0 atom stereocenters. The molecule has 0 saturated heterocycles. The lowest BCUT2D eigenvalue weighted by atomic mass is 9.99. The zero-order chi connectivity index (χ0) is 24.4. The lowest BCUT2D eigenvalue weighted by Gasteiger charge is -2.18. The summed E-state index contributed by atoms with van der Waals surface area (Å²) >= 11 is 0. The minimum Gasteiger partial charge on any atom is -0.493 e. The number of nitrogens with zero attached hydrogens (tertiary/aromatic N) is 2. The third kappa shape index (κ3) is 4.32. The maximum Gasteiger partial charge on any atom is 0.245 e. The van der Waals surface area contributed by atoms with Gasteiger partial charge in [-0.2, -0.15) is 0 Å². The van der Waals surface area contributed by atoms with E-state index < -0.39 is 0 Å². The van der Waals surface area contributed by atoms with Crippen LogP contribution in [-0.2, 0) is 19.5 Å². The van der Waals surface area contributed by atoms with Crippen molar-refractivity contribution in [1.82, 2.24) is 4.57 Å². The molecule has 5 rings (SSSR count). The van der Waals surface area contributed by atoms with Gasteiger partial charge in [-0.05, 0) is 54.5 Å². The molecule has 3 aromatic carbocycles. The molecule has 1 aromatic heterocycles. The van der Waals surface area contributed by atoms with E-state index in [0.29, 0.717) is 30.4 Å². The van der Waals surface area contributed by atoms with E-state index in [1.807, 2.05) is 12.1 Å². The number of benzene rings is 3. The van der Waals surface area contributed by atoms with Gasteiger partial charge in [0.05, 0.1) is 21.3 Å². The van der Waals surface area contributed by atoms with Crippen molar-refractivity contribution in [3.63, 3.8) is 0 Å². The molecule has 0 radical (unpaired) electrons. The first-order valence-corrected chi connectivity index (χ1v) is 11.9. The molecule has 6 nitrogen and oxygen atoms in total. The highest BCUT2D eigenvalue weighted by Gasteiger charge is 2.22. The summed E-state index contributed by atoms with van der Waals surface area (Å²) in [6.07, 6.45) is 5.38. The molecule has 35 heavy (non-hydrogen) atoms. The largest absolute Gasteiger partial charge is 0.493 e. The van der Waals surface area contributed by atoms with E-state index in [9.17, 15) is 0 Å². The van der Waals surface area contributed by atoms with Crippen molar-refractivity contribution >= 4 is 16.6 Å². The lowest BCUT2D eigenvalue weighted by molar-refractivity contribution is -0.663. The van der Waals surface area contributed by atoms with Gasteiger partial charge in [-0.25, -0.2) is 9.13 Å². The van der Waals surface area contributed by atoms with Crippen molar-refractivity contribution in [1.29, 1.82) is 0 Å². The number of hydrogen-bond acceptors (Lipinski definition) is 4. The SMILES string of the molecule is CCc1ccc2c(c1)C(Cn1c[n+](Cc3cc(OC)c(OC)c(OC)c3)c3ccccc31)=CCO2. The zero-order valence-corrected chi connectivity index (χ0v) is 20.7. The Labute approximate surface area is 205 Å². The van der Waals surface area contributed by atoms with E-state index >= 15 is 0 Å². The number of methoxy groups -OCH3 is 3. The van der Waals surface area contributed by atoms with Gasteiger partial charge in [-0.3, -0.25) is 0 Å². The predicted molar refractivity (Wildman–Crippen MR) is 137 cm³/mol. The Balaban J connectivity index is 1.52. The minimum atomic E-state index is 0.596. The van der Waals surface area contributed by atoms with Crippen LogP contribution in [0.1, 0.15) is 23.6 Å². The molecule has 0 amide bonds. The van der Waals surface area contributed by atoms with E-state index in [4.69, 9.17) is 18.9 Å². The number of rotatable bonds is 8. The predicted octanol–water partition coefficient (Wildman–Crippen LogP) is 5.04. The Morgan fingerprint density at radius 1 is 0.914 bits per heavy atom. The molecular formula is C29H31N2O4+. The highest BCUT2D eigenvalue weighted by atomic mass is 16.5. The van der Waals surface area contributed by atoms with Gasteiger partial charge in [-0.1, -0.05) is 25.1 Å². The van der Waals surface area contributed by atoms with Crippen LogP contribution in [-0.4, -0.2) is 32.5 Å². The molecule has 6 heteroatoms. The Bertz CT molecular complexity index is 1380. The van der Waals surface area contributed by atoms with Crippen LogP contribution in [0.15, 0.2) is 67.0 Å². The molecule has 1 aliphatic heterocycles. The molecule has 0 N–H and O–H groups in total. The van der Waals surface area contributed by atoms with E-state index in [1.165, 1.54) is 22.2 Å². The second-order valence-corrected chi connectivity index (χ2v) is 8.62. The van der Waals surface area contributed by atoms with Gasteiger partial charge in [0.15, 0.2) is 22.5 Å². The summed E-state index contributed by atoms with van der Waals surface area (Å²) in [6, 6.07) is 19.0. The van der Waals surface area contributed by atoms with E-state index in [1.54, 1.807) is 21.3 Å². The van der Waals surface area contributed by atoms with Crippen molar-refractivity contribution < 1.29 is 23.5 Å². The summed E-state index contributed by atoms with van der Waals surface area (Å²) in [6.45, 7) is 4.22. The Morgan fingerprint density at radius 3 is 2.40 bits per heavy atom. The summed E-state index contributed by atoms with van der Waals surface area (Å²) in [5.74, 6) is 2.87. The highest BCUT2D eigenvalue weighted by molar-refractivity contribution is 5.76. The molecule has 0 spiro atoms. The third-order valence-corrected chi connectivity index (χ3v) is 6.56. The second-order valence-electron chi connectivity index (χ2n) is 8.62. The third-order valence-electron chi connectivity index (χ3n) is 6.56. The monoisotopic (exact) mass is 471 g/mol. The smallest absolute Gasteiger partial charge is 0.245 e. The molecule has 0 bridgehead atoms. The Hall–Kier alpha value is -3.93. The fourth-order valence-electron chi connectivity index (χ4n) is 4.77. The van der Waals surface area contributed by atoms with Crippen LogP contribution in [0.2, 0.25) is 0 Å². The van der Waals surface area contributed by atoms with E-state index in [-0.39, 0.29) is 0 Å². The van der Waals surface area contributed by atoms with Crippen LogP contribution >= 0.6 is 0 Å². The average Bonchev–Trinajstić information content (AvgIpc) is 3.24. The van der Waals surface area contributed by atoms with Crippen molar-refractivity contribution in [3.8, 4) is 23.0 Å². The van der Waals surface area contributed by atoms with Crippen LogP contribution in [0.4, 0.5) is 0 Å². The van der Waals surface area contributed by atoms with Gasteiger partial charge >= 0.3 is 0 Å². The normalized spacial score (nSPS) is 12.6. The molecule has 4 aromatic rings. The number of allylic oxidation sites excluding steroid dienone is 1.